The number of nitrogens with one attached hydrogen (secondary N) is 1. The van der Waals surface area contributed by atoms with Gasteiger partial charge in [0.1, 0.15) is 5.82 Å². The Kier molecular flexibility index (Phi) is 7.89. The number of aromatic nitrogens is 2. The third-order valence-electron chi connectivity index (χ3n) is 6.04. The predicted octanol–water partition coefficient (Wildman–Crippen LogP) is 4.59. The van der Waals surface area contributed by atoms with Gasteiger partial charge in [0, 0.05) is 31.5 Å². The van der Waals surface area contributed by atoms with Crippen LogP contribution < -0.4 is 10.9 Å². The van der Waals surface area contributed by atoms with Crippen LogP contribution in [0.25, 0.3) is 10.9 Å². The van der Waals surface area contributed by atoms with Crippen molar-refractivity contribution in [3.8, 4) is 0 Å². The van der Waals surface area contributed by atoms with E-state index in [9.17, 15) is 19.7 Å². The van der Waals surface area contributed by atoms with Gasteiger partial charge in [-0.15, -0.1) is 0 Å². The van der Waals surface area contributed by atoms with Crippen molar-refractivity contribution in [1.82, 2.24) is 14.5 Å². The molecule has 4 aromatic rings. The highest BCUT2D eigenvalue weighted by molar-refractivity contribution is 5.89. The van der Waals surface area contributed by atoms with Crippen molar-refractivity contribution in [2.75, 3.05) is 25.6 Å². The molecule has 2 amide bonds. The SMILES string of the molecule is COCCN(C(=O)Nc1ccc([N+](=O)[O-])cc1)C(C)c1nc2ccccc2c(=O)n1Cc1ccccc1. The first-order valence-electron chi connectivity index (χ1n) is 11.7. The third-order valence-corrected chi connectivity index (χ3v) is 6.04. The van der Waals surface area contributed by atoms with Gasteiger partial charge in [-0.05, 0) is 36.8 Å². The van der Waals surface area contributed by atoms with Gasteiger partial charge in [0.05, 0.1) is 35.0 Å². The summed E-state index contributed by atoms with van der Waals surface area (Å²) >= 11 is 0. The van der Waals surface area contributed by atoms with Crippen LogP contribution in [0, 0.1) is 10.1 Å². The smallest absolute Gasteiger partial charge is 0.322 e. The van der Waals surface area contributed by atoms with Crippen LogP contribution in [0.5, 0.6) is 0 Å². The Hall–Kier alpha value is -4.57. The third kappa shape index (κ3) is 5.81. The van der Waals surface area contributed by atoms with Crippen LogP contribution in [-0.4, -0.2) is 45.7 Å². The molecule has 10 nitrogen and oxygen atoms in total. The van der Waals surface area contributed by atoms with E-state index in [2.05, 4.69) is 5.32 Å². The molecule has 0 fully saturated rings. The molecule has 3 aromatic carbocycles. The summed E-state index contributed by atoms with van der Waals surface area (Å²) in [5.74, 6) is 0.433. The number of hydrogen-bond acceptors (Lipinski definition) is 6. The van der Waals surface area contributed by atoms with Crippen LogP contribution in [0.15, 0.2) is 83.7 Å². The van der Waals surface area contributed by atoms with E-state index in [0.29, 0.717) is 29.0 Å². The fourth-order valence-electron chi connectivity index (χ4n) is 4.08. The zero-order chi connectivity index (χ0) is 26.4. The second-order valence-electron chi connectivity index (χ2n) is 8.46. The van der Waals surface area contributed by atoms with Crippen molar-refractivity contribution in [3.63, 3.8) is 0 Å². The summed E-state index contributed by atoms with van der Waals surface area (Å²) in [5, 5.41) is 14.2. The number of nitro groups is 1. The van der Waals surface area contributed by atoms with Crippen LogP contribution in [-0.2, 0) is 11.3 Å². The number of carbonyl (C=O) groups is 1. The van der Waals surface area contributed by atoms with Crippen molar-refractivity contribution >= 4 is 28.3 Å². The number of nitrogens with zero attached hydrogens (tertiary/aromatic N) is 4. The number of non-ortho nitro benzene ring substituents is 1. The van der Waals surface area contributed by atoms with Gasteiger partial charge in [0.15, 0.2) is 0 Å². The Labute approximate surface area is 213 Å². The van der Waals surface area contributed by atoms with E-state index in [-0.39, 0.29) is 24.4 Å². The second-order valence-corrected chi connectivity index (χ2v) is 8.46. The molecule has 1 atom stereocenters. The molecule has 0 saturated carbocycles. The number of para-hydroxylation sites is 1. The van der Waals surface area contributed by atoms with E-state index in [4.69, 9.17) is 9.72 Å². The summed E-state index contributed by atoms with van der Waals surface area (Å²) in [7, 11) is 1.54. The van der Waals surface area contributed by atoms with Crippen molar-refractivity contribution < 1.29 is 14.5 Å². The average Bonchev–Trinajstić information content (AvgIpc) is 2.91. The number of anilines is 1. The summed E-state index contributed by atoms with van der Waals surface area (Å²) in [6.07, 6.45) is 0. The maximum Gasteiger partial charge on any atom is 0.322 e. The molecule has 0 aliphatic heterocycles. The molecule has 0 bridgehead atoms. The minimum absolute atomic E-state index is 0.0760. The van der Waals surface area contributed by atoms with Gasteiger partial charge in [0.2, 0.25) is 0 Å². The number of nitro benzene ring substituents is 1. The number of amides is 2. The molecule has 1 N–H and O–H groups in total. The molecule has 1 unspecified atom stereocenters. The Morgan fingerprint density at radius 2 is 1.76 bits per heavy atom. The normalized spacial score (nSPS) is 11.7. The van der Waals surface area contributed by atoms with Crippen LogP contribution in [0.4, 0.5) is 16.2 Å². The number of urea groups is 1. The average molecular weight is 502 g/mol. The second kappa shape index (κ2) is 11.4. The van der Waals surface area contributed by atoms with E-state index in [1.165, 1.54) is 36.3 Å². The minimum Gasteiger partial charge on any atom is -0.383 e. The van der Waals surface area contributed by atoms with Crippen LogP contribution >= 0.6 is 0 Å². The van der Waals surface area contributed by atoms with Crippen molar-refractivity contribution in [2.24, 2.45) is 0 Å². The minimum atomic E-state index is -0.603. The fourth-order valence-corrected chi connectivity index (χ4v) is 4.08. The van der Waals surface area contributed by atoms with Crippen molar-refractivity contribution in [1.29, 1.82) is 0 Å². The molecule has 190 valence electrons. The van der Waals surface area contributed by atoms with E-state index >= 15 is 0 Å². The Morgan fingerprint density at radius 3 is 2.43 bits per heavy atom. The number of rotatable bonds is 9. The highest BCUT2D eigenvalue weighted by Crippen LogP contribution is 2.23. The molecular weight excluding hydrogens is 474 g/mol. The first-order chi connectivity index (χ1) is 17.9. The zero-order valence-electron chi connectivity index (χ0n) is 20.5. The Bertz CT molecular complexity index is 1450. The molecular formula is C27H27N5O5. The standard InChI is InChI=1S/C27H27N5O5/c1-19(30(16-17-37-2)27(34)28-21-12-14-22(15-13-21)32(35)36)25-29-24-11-7-6-10-23(24)26(33)31(25)18-20-8-4-3-5-9-20/h3-15,19H,16-18H2,1-2H3,(H,28,34). The quantitative estimate of drug-likeness (QED) is 0.265. The van der Waals surface area contributed by atoms with Gasteiger partial charge >= 0.3 is 6.03 Å². The lowest BCUT2D eigenvalue weighted by Crippen LogP contribution is -2.41. The summed E-state index contributed by atoms with van der Waals surface area (Å²) in [6, 6.07) is 21.2. The summed E-state index contributed by atoms with van der Waals surface area (Å²) < 4.78 is 6.83. The number of benzene rings is 3. The number of methoxy groups -OCH3 is 1. The van der Waals surface area contributed by atoms with Gasteiger partial charge in [-0.1, -0.05) is 42.5 Å². The van der Waals surface area contributed by atoms with E-state index in [1.807, 2.05) is 43.3 Å². The molecule has 0 spiro atoms. The first-order valence-corrected chi connectivity index (χ1v) is 11.7. The van der Waals surface area contributed by atoms with E-state index < -0.39 is 17.0 Å². The number of carbonyl (C=O) groups excluding carboxylic acids is 1. The lowest BCUT2D eigenvalue weighted by atomic mass is 10.1. The molecule has 0 radical (unpaired) electrons. The predicted molar refractivity (Wildman–Crippen MR) is 141 cm³/mol. The first kappa shape index (κ1) is 25.5. The van der Waals surface area contributed by atoms with Crippen LogP contribution in [0.2, 0.25) is 0 Å². The number of fused-ring (bicyclic) bond motifs is 1. The van der Waals surface area contributed by atoms with Gasteiger partial charge in [-0.25, -0.2) is 9.78 Å². The molecule has 0 aliphatic rings. The maximum absolute atomic E-state index is 13.6. The molecule has 0 saturated heterocycles. The number of ether oxygens (including phenoxy) is 1. The van der Waals surface area contributed by atoms with Crippen LogP contribution in [0.1, 0.15) is 24.4 Å². The summed E-state index contributed by atoms with van der Waals surface area (Å²) in [6.45, 7) is 2.58. The topological polar surface area (TPSA) is 120 Å². The highest BCUT2D eigenvalue weighted by atomic mass is 16.6. The van der Waals surface area contributed by atoms with Gasteiger partial charge in [0.25, 0.3) is 11.2 Å². The molecule has 4 rings (SSSR count). The zero-order valence-corrected chi connectivity index (χ0v) is 20.5. The van der Waals surface area contributed by atoms with Gasteiger partial charge in [-0.2, -0.15) is 0 Å². The van der Waals surface area contributed by atoms with E-state index in [0.717, 1.165) is 5.56 Å². The Morgan fingerprint density at radius 1 is 1.08 bits per heavy atom. The number of hydrogen-bond donors (Lipinski definition) is 1. The van der Waals surface area contributed by atoms with Crippen LogP contribution in [0.3, 0.4) is 0 Å². The molecule has 0 aliphatic carbocycles. The van der Waals surface area contributed by atoms with Gasteiger partial charge < -0.3 is 15.0 Å². The maximum atomic E-state index is 13.6. The van der Waals surface area contributed by atoms with Gasteiger partial charge in [-0.3, -0.25) is 19.5 Å². The van der Waals surface area contributed by atoms with Crippen molar-refractivity contribution in [2.45, 2.75) is 19.5 Å². The fraction of sp³-hybridized carbons (Fsp3) is 0.222. The Balaban J connectivity index is 1.73. The molecule has 37 heavy (non-hydrogen) atoms. The lowest BCUT2D eigenvalue weighted by Gasteiger charge is -2.30. The monoisotopic (exact) mass is 501 g/mol. The van der Waals surface area contributed by atoms with Crippen molar-refractivity contribution in [3.05, 3.63) is 111 Å². The van der Waals surface area contributed by atoms with E-state index in [1.54, 1.807) is 22.8 Å². The lowest BCUT2D eigenvalue weighted by molar-refractivity contribution is -0.384. The largest absolute Gasteiger partial charge is 0.383 e. The highest BCUT2D eigenvalue weighted by Gasteiger charge is 2.26. The molecule has 10 heteroatoms. The molecule has 1 aromatic heterocycles. The summed E-state index contributed by atoms with van der Waals surface area (Å²) in [5.41, 5.74) is 1.60. The molecule has 1 heterocycles. The summed E-state index contributed by atoms with van der Waals surface area (Å²) in [4.78, 5) is 43.7.